The van der Waals surface area contributed by atoms with E-state index in [-0.39, 0.29) is 5.97 Å². The maximum absolute atomic E-state index is 11.9. The van der Waals surface area contributed by atoms with Crippen LogP contribution in [-0.2, 0) is 14.3 Å². The normalized spacial score (nSPS) is 12.5. The van der Waals surface area contributed by atoms with Crippen molar-refractivity contribution in [2.24, 2.45) is 0 Å². The molecule has 0 aliphatic rings. The molecule has 114 valence electrons. The Morgan fingerprint density at radius 3 is 2.25 bits per heavy atom. The van der Waals surface area contributed by atoms with E-state index in [4.69, 9.17) is 9.47 Å². The first-order valence-electron chi connectivity index (χ1n) is 7.13. The number of likely N-dealkylation sites (N-methyl/N-ethyl adjacent to an activating group) is 1. The Labute approximate surface area is 123 Å². The van der Waals surface area contributed by atoms with Crippen LogP contribution < -0.4 is 0 Å². The third-order valence-electron chi connectivity index (χ3n) is 3.70. The third-order valence-corrected chi connectivity index (χ3v) is 3.70. The van der Waals surface area contributed by atoms with Crippen molar-refractivity contribution in [2.75, 3.05) is 39.9 Å². The van der Waals surface area contributed by atoms with Crippen LogP contribution in [0, 0.1) is 0 Å². The van der Waals surface area contributed by atoms with E-state index in [1.807, 2.05) is 0 Å². The topological polar surface area (TPSA) is 35.5 Å². The molecule has 0 spiro atoms. The number of rotatable bonds is 10. The summed E-state index contributed by atoms with van der Waals surface area (Å²) >= 11 is 0. The maximum Gasteiger partial charge on any atom is 0.341 e. The molecule has 0 aliphatic carbocycles. The van der Waals surface area contributed by atoms with Crippen molar-refractivity contribution in [3.8, 4) is 0 Å². The molecule has 0 unspecified atom stereocenters. The molecule has 0 N–H and O–H groups in total. The minimum absolute atomic E-state index is 0.369. The molecule has 0 fully saturated rings. The zero-order chi connectivity index (χ0) is 15.4. The van der Waals surface area contributed by atoms with E-state index < -0.39 is 0 Å². The number of hydrogen-bond acceptors (Lipinski definition) is 3. The van der Waals surface area contributed by atoms with Crippen LogP contribution in [-0.4, -0.2) is 50.3 Å². The minimum Gasteiger partial charge on any atom is -0.503 e. The largest absolute Gasteiger partial charge is 0.503 e. The highest BCUT2D eigenvalue weighted by Gasteiger charge is 2.21. The van der Waals surface area contributed by atoms with Crippen molar-refractivity contribution in [3.05, 3.63) is 36.6 Å². The molecular weight excluding hydrogens is 254 g/mol. The van der Waals surface area contributed by atoms with E-state index in [9.17, 15) is 4.79 Å². The second-order valence-electron chi connectivity index (χ2n) is 4.55. The second-order valence-corrected chi connectivity index (χ2v) is 4.55. The summed E-state index contributed by atoms with van der Waals surface area (Å²) in [4.78, 5) is 11.9. The summed E-state index contributed by atoms with van der Waals surface area (Å²) in [7, 11) is 1.50. The molecule has 0 radical (unpaired) electrons. The predicted molar refractivity (Wildman–Crippen MR) is 82.1 cm³/mol. The van der Waals surface area contributed by atoms with Gasteiger partial charge >= 0.3 is 5.97 Å². The van der Waals surface area contributed by atoms with Crippen LogP contribution in [0.15, 0.2) is 36.6 Å². The molecule has 0 aromatic heterocycles. The van der Waals surface area contributed by atoms with Gasteiger partial charge in [-0.1, -0.05) is 18.7 Å². The summed E-state index contributed by atoms with van der Waals surface area (Å²) in [5.41, 5.74) is 0.384. The summed E-state index contributed by atoms with van der Waals surface area (Å²) in [6.07, 6.45) is 6.28. The number of quaternary nitrogens is 1. The van der Waals surface area contributed by atoms with Crippen molar-refractivity contribution < 1.29 is 18.8 Å². The first kappa shape index (κ1) is 18.4. The Morgan fingerprint density at radius 2 is 1.80 bits per heavy atom. The number of carbonyl (C=O) groups excluding carboxylic acids is 1. The Hall–Kier alpha value is -1.55. The number of methoxy groups -OCH3 is 1. The van der Waals surface area contributed by atoms with Crippen molar-refractivity contribution in [3.63, 3.8) is 0 Å². The van der Waals surface area contributed by atoms with E-state index in [1.165, 1.54) is 13.4 Å². The molecule has 4 heteroatoms. The molecule has 0 saturated heterocycles. The van der Waals surface area contributed by atoms with Gasteiger partial charge in [-0.05, 0) is 26.8 Å². The Bertz CT molecular complexity index is 346. The lowest BCUT2D eigenvalue weighted by molar-refractivity contribution is -0.923. The standard InChI is InChI=1S/C16H28NO3/c1-6-10-11-15(14-19-5)16(18)20-13-12-17(7-2,8-3)9-4/h6,10-11,14H,1,7-9,12-13H2,2-5H3/q+1/b11-10-,15-14+. The van der Waals surface area contributed by atoms with E-state index >= 15 is 0 Å². The Balaban J connectivity index is 4.49. The number of ether oxygens (including phenoxy) is 2. The molecule has 0 amide bonds. The van der Waals surface area contributed by atoms with E-state index in [1.54, 1.807) is 18.2 Å². The van der Waals surface area contributed by atoms with Gasteiger partial charge < -0.3 is 14.0 Å². The van der Waals surface area contributed by atoms with Crippen LogP contribution in [0.3, 0.4) is 0 Å². The zero-order valence-electron chi connectivity index (χ0n) is 13.2. The monoisotopic (exact) mass is 282 g/mol. The second kappa shape index (κ2) is 10.3. The fraction of sp³-hybridized carbons (Fsp3) is 0.562. The lowest BCUT2D eigenvalue weighted by atomic mass is 10.2. The highest BCUT2D eigenvalue weighted by atomic mass is 16.5. The lowest BCUT2D eigenvalue weighted by Crippen LogP contribution is -2.49. The molecule has 0 aromatic rings. The summed E-state index contributed by atoms with van der Waals surface area (Å²) < 4.78 is 11.2. The summed E-state index contributed by atoms with van der Waals surface area (Å²) in [6, 6.07) is 0. The van der Waals surface area contributed by atoms with Crippen LogP contribution in [0.2, 0.25) is 0 Å². The van der Waals surface area contributed by atoms with Gasteiger partial charge in [-0.25, -0.2) is 4.79 Å². The van der Waals surface area contributed by atoms with Gasteiger partial charge in [0.15, 0.2) is 0 Å². The van der Waals surface area contributed by atoms with Crippen LogP contribution >= 0.6 is 0 Å². The number of allylic oxidation sites excluding steroid dienone is 2. The van der Waals surface area contributed by atoms with Gasteiger partial charge in [0.05, 0.1) is 38.6 Å². The molecule has 4 nitrogen and oxygen atoms in total. The average molecular weight is 282 g/mol. The fourth-order valence-corrected chi connectivity index (χ4v) is 2.01. The third kappa shape index (κ3) is 6.06. The Kier molecular flexibility index (Phi) is 9.47. The van der Waals surface area contributed by atoms with Crippen molar-refractivity contribution in [1.82, 2.24) is 0 Å². The van der Waals surface area contributed by atoms with Crippen molar-refractivity contribution in [2.45, 2.75) is 20.8 Å². The van der Waals surface area contributed by atoms with Gasteiger partial charge in [0.25, 0.3) is 0 Å². The number of carbonyl (C=O) groups is 1. The molecule has 0 aromatic carbocycles. The van der Waals surface area contributed by atoms with Crippen LogP contribution in [0.5, 0.6) is 0 Å². The SMILES string of the molecule is C=C/C=C\C(=C/OC)C(=O)OCC[N+](CC)(CC)CC. The molecule has 0 atom stereocenters. The number of nitrogens with zero attached hydrogens (tertiary/aromatic N) is 1. The lowest BCUT2D eigenvalue weighted by Gasteiger charge is -2.35. The highest BCUT2D eigenvalue weighted by Crippen LogP contribution is 2.07. The van der Waals surface area contributed by atoms with E-state index in [0.29, 0.717) is 12.2 Å². The fourth-order valence-electron chi connectivity index (χ4n) is 2.01. The van der Waals surface area contributed by atoms with Gasteiger partial charge in [-0.3, -0.25) is 0 Å². The first-order chi connectivity index (χ1) is 9.59. The van der Waals surface area contributed by atoms with Gasteiger partial charge in [0.1, 0.15) is 13.2 Å². The zero-order valence-corrected chi connectivity index (χ0v) is 13.2. The van der Waals surface area contributed by atoms with Crippen LogP contribution in [0.25, 0.3) is 0 Å². The molecule has 0 rings (SSSR count). The molecular formula is C16H28NO3+. The highest BCUT2D eigenvalue weighted by molar-refractivity contribution is 5.91. The predicted octanol–water partition coefficient (Wildman–Crippen LogP) is 2.68. The molecule has 0 heterocycles. The maximum atomic E-state index is 11.9. The summed E-state index contributed by atoms with van der Waals surface area (Å²) in [5.74, 6) is -0.369. The average Bonchev–Trinajstić information content (AvgIpc) is 2.48. The van der Waals surface area contributed by atoms with Crippen LogP contribution in [0.4, 0.5) is 0 Å². The van der Waals surface area contributed by atoms with Crippen molar-refractivity contribution in [1.29, 1.82) is 0 Å². The van der Waals surface area contributed by atoms with Crippen LogP contribution in [0.1, 0.15) is 20.8 Å². The summed E-state index contributed by atoms with van der Waals surface area (Å²) in [5, 5.41) is 0. The van der Waals surface area contributed by atoms with Gasteiger partial charge in [-0.2, -0.15) is 0 Å². The van der Waals surface area contributed by atoms with Gasteiger partial charge in [0, 0.05) is 0 Å². The summed E-state index contributed by atoms with van der Waals surface area (Å²) in [6.45, 7) is 14.4. The quantitative estimate of drug-likeness (QED) is 0.203. The molecule has 0 saturated carbocycles. The molecule has 0 bridgehead atoms. The van der Waals surface area contributed by atoms with Crippen molar-refractivity contribution >= 4 is 5.97 Å². The minimum atomic E-state index is -0.369. The van der Waals surface area contributed by atoms with E-state index in [2.05, 4.69) is 27.4 Å². The molecule has 20 heavy (non-hydrogen) atoms. The number of esters is 1. The van der Waals surface area contributed by atoms with E-state index in [0.717, 1.165) is 30.7 Å². The van der Waals surface area contributed by atoms with Gasteiger partial charge in [0.2, 0.25) is 0 Å². The smallest absolute Gasteiger partial charge is 0.341 e. The van der Waals surface area contributed by atoms with Gasteiger partial charge in [-0.15, -0.1) is 0 Å². The Morgan fingerprint density at radius 1 is 1.20 bits per heavy atom. The number of hydrogen-bond donors (Lipinski definition) is 0. The molecule has 0 aliphatic heterocycles. The first-order valence-corrected chi connectivity index (χ1v) is 7.13.